The van der Waals surface area contributed by atoms with Gasteiger partial charge in [0.1, 0.15) is 0 Å². The number of carbonyl (C=O) groups excluding carboxylic acids is 1. The number of amides is 1. The highest BCUT2D eigenvalue weighted by Gasteiger charge is 2.54. The summed E-state index contributed by atoms with van der Waals surface area (Å²) in [4.78, 5) is 12.2. The highest BCUT2D eigenvalue weighted by Crippen LogP contribution is 2.55. The Morgan fingerprint density at radius 2 is 1.94 bits per heavy atom. The van der Waals surface area contributed by atoms with Gasteiger partial charge in [-0.2, -0.15) is 0 Å². The molecule has 4 heteroatoms. The molecule has 0 bridgehead atoms. The fraction of sp³-hybridized carbons (Fsp3) is 0.500. The van der Waals surface area contributed by atoms with E-state index in [9.17, 15) is 4.79 Å². The number of rotatable bonds is 2. The van der Waals surface area contributed by atoms with Crippen LogP contribution in [0.5, 0.6) is 0 Å². The van der Waals surface area contributed by atoms with E-state index in [0.717, 1.165) is 5.69 Å². The molecule has 2 atom stereocenters. The van der Waals surface area contributed by atoms with Gasteiger partial charge in [-0.3, -0.25) is 4.79 Å². The molecule has 2 aliphatic rings. The maximum Gasteiger partial charge on any atom is 0.228 e. The molecule has 3 nitrogen and oxygen atoms in total. The van der Waals surface area contributed by atoms with Gasteiger partial charge in [0.2, 0.25) is 5.91 Å². The quantitative estimate of drug-likeness (QED) is 0.806. The number of nitrogens with one attached hydrogen (secondary N) is 1. The van der Waals surface area contributed by atoms with Crippen LogP contribution in [-0.4, -0.2) is 5.91 Å². The summed E-state index contributed by atoms with van der Waals surface area (Å²) < 4.78 is 0. The van der Waals surface area contributed by atoms with Crippen molar-refractivity contribution in [2.24, 2.45) is 17.8 Å². The molecule has 0 saturated heterocycles. The van der Waals surface area contributed by atoms with E-state index in [4.69, 9.17) is 17.3 Å². The van der Waals surface area contributed by atoms with Crippen LogP contribution in [0.1, 0.15) is 25.7 Å². The molecule has 0 aliphatic heterocycles. The van der Waals surface area contributed by atoms with E-state index in [-0.39, 0.29) is 11.8 Å². The monoisotopic (exact) mass is 264 g/mol. The minimum atomic E-state index is 0.147. The maximum atomic E-state index is 12.2. The predicted octanol–water partition coefficient (Wildman–Crippen LogP) is 3.30. The molecule has 3 N–H and O–H groups in total. The van der Waals surface area contributed by atoms with Crippen LogP contribution in [0.3, 0.4) is 0 Å². The summed E-state index contributed by atoms with van der Waals surface area (Å²) in [7, 11) is 0. The average molecular weight is 265 g/mol. The second-order valence-electron chi connectivity index (χ2n) is 5.36. The van der Waals surface area contributed by atoms with Gasteiger partial charge in [-0.15, -0.1) is 0 Å². The molecule has 2 unspecified atom stereocenters. The Labute approximate surface area is 112 Å². The first-order valence-electron chi connectivity index (χ1n) is 6.52. The fourth-order valence-corrected chi connectivity index (χ4v) is 3.35. The van der Waals surface area contributed by atoms with Gasteiger partial charge >= 0.3 is 0 Å². The molecule has 0 heterocycles. The minimum absolute atomic E-state index is 0.147. The van der Waals surface area contributed by atoms with Gasteiger partial charge in [0.25, 0.3) is 0 Å². The highest BCUT2D eigenvalue weighted by atomic mass is 35.5. The van der Waals surface area contributed by atoms with Crippen LogP contribution in [0.4, 0.5) is 11.4 Å². The van der Waals surface area contributed by atoms with E-state index in [1.807, 2.05) is 0 Å². The van der Waals surface area contributed by atoms with Gasteiger partial charge in [-0.25, -0.2) is 0 Å². The standard InChI is InChI=1S/C14H17ClN2O/c15-11-6-5-8(7-12(11)16)17-14(18)13-9-3-1-2-4-10(9)13/h5-7,9-10,13H,1-4,16H2,(H,17,18). The highest BCUT2D eigenvalue weighted by molar-refractivity contribution is 6.33. The Kier molecular flexibility index (Phi) is 2.94. The Balaban J connectivity index is 1.66. The SMILES string of the molecule is Nc1cc(NC(=O)C2C3CCCCC32)ccc1Cl. The number of nitrogen functional groups attached to an aromatic ring is 1. The molecule has 2 fully saturated rings. The molecule has 96 valence electrons. The van der Waals surface area contributed by atoms with Crippen molar-refractivity contribution in [3.05, 3.63) is 23.2 Å². The summed E-state index contributed by atoms with van der Waals surface area (Å²) in [6.45, 7) is 0. The van der Waals surface area contributed by atoms with Crippen molar-refractivity contribution >= 4 is 28.9 Å². The van der Waals surface area contributed by atoms with Crippen LogP contribution >= 0.6 is 11.6 Å². The third-order valence-electron chi connectivity index (χ3n) is 4.22. The predicted molar refractivity (Wildman–Crippen MR) is 73.4 cm³/mol. The number of carbonyl (C=O) groups is 1. The number of hydrogen-bond donors (Lipinski definition) is 2. The number of fused-ring (bicyclic) bond motifs is 1. The van der Waals surface area contributed by atoms with E-state index in [0.29, 0.717) is 22.5 Å². The summed E-state index contributed by atoms with van der Waals surface area (Å²) in [6.07, 6.45) is 4.98. The Bertz CT molecular complexity index is 477. The number of anilines is 2. The van der Waals surface area contributed by atoms with Crippen molar-refractivity contribution in [2.45, 2.75) is 25.7 Å². The first-order chi connectivity index (χ1) is 8.66. The van der Waals surface area contributed by atoms with Crippen LogP contribution in [0.2, 0.25) is 5.02 Å². The summed E-state index contributed by atoms with van der Waals surface area (Å²) >= 11 is 5.85. The molecule has 2 aliphatic carbocycles. The number of halogens is 1. The number of hydrogen-bond acceptors (Lipinski definition) is 2. The first kappa shape index (κ1) is 11.8. The van der Waals surface area contributed by atoms with Gasteiger partial charge in [0, 0.05) is 11.6 Å². The molecular weight excluding hydrogens is 248 g/mol. The maximum absolute atomic E-state index is 12.2. The van der Waals surface area contributed by atoms with Crippen molar-refractivity contribution in [3.8, 4) is 0 Å². The van der Waals surface area contributed by atoms with E-state index in [1.54, 1.807) is 18.2 Å². The van der Waals surface area contributed by atoms with Crippen molar-refractivity contribution in [2.75, 3.05) is 11.1 Å². The molecule has 0 spiro atoms. The minimum Gasteiger partial charge on any atom is -0.397 e. The fourth-order valence-electron chi connectivity index (χ4n) is 3.23. The van der Waals surface area contributed by atoms with Crippen LogP contribution in [0.15, 0.2) is 18.2 Å². The first-order valence-corrected chi connectivity index (χ1v) is 6.90. The van der Waals surface area contributed by atoms with Gasteiger partial charge in [-0.05, 0) is 42.9 Å². The van der Waals surface area contributed by atoms with Crippen LogP contribution in [-0.2, 0) is 4.79 Å². The number of benzene rings is 1. The third-order valence-corrected chi connectivity index (χ3v) is 4.57. The zero-order valence-corrected chi connectivity index (χ0v) is 10.9. The van der Waals surface area contributed by atoms with E-state index in [2.05, 4.69) is 5.32 Å². The van der Waals surface area contributed by atoms with Crippen molar-refractivity contribution in [1.82, 2.24) is 0 Å². The number of nitrogens with two attached hydrogens (primary N) is 1. The van der Waals surface area contributed by atoms with E-state index in [1.165, 1.54) is 25.7 Å². The smallest absolute Gasteiger partial charge is 0.228 e. The molecule has 0 radical (unpaired) electrons. The van der Waals surface area contributed by atoms with Gasteiger partial charge in [-0.1, -0.05) is 24.4 Å². The topological polar surface area (TPSA) is 55.1 Å². The van der Waals surface area contributed by atoms with E-state index >= 15 is 0 Å². The lowest BCUT2D eigenvalue weighted by Gasteiger charge is -2.06. The molecule has 1 aromatic carbocycles. The Morgan fingerprint density at radius 1 is 1.28 bits per heavy atom. The van der Waals surface area contributed by atoms with Crippen molar-refractivity contribution in [3.63, 3.8) is 0 Å². The Morgan fingerprint density at radius 3 is 2.56 bits per heavy atom. The second kappa shape index (κ2) is 4.47. The van der Waals surface area contributed by atoms with Crippen molar-refractivity contribution in [1.29, 1.82) is 0 Å². The third kappa shape index (κ3) is 2.07. The average Bonchev–Trinajstić information content (AvgIpc) is 3.08. The summed E-state index contributed by atoms with van der Waals surface area (Å²) in [6, 6.07) is 5.22. The van der Waals surface area contributed by atoms with Gasteiger partial charge in [0.05, 0.1) is 10.7 Å². The molecule has 3 rings (SSSR count). The summed E-state index contributed by atoms with van der Waals surface area (Å²) in [5.74, 6) is 1.63. The molecular formula is C14H17ClN2O. The van der Waals surface area contributed by atoms with Crippen LogP contribution < -0.4 is 11.1 Å². The zero-order valence-electron chi connectivity index (χ0n) is 10.2. The lowest BCUT2D eigenvalue weighted by molar-refractivity contribution is -0.117. The molecule has 0 aromatic heterocycles. The Hall–Kier alpha value is -1.22. The molecule has 18 heavy (non-hydrogen) atoms. The second-order valence-corrected chi connectivity index (χ2v) is 5.77. The molecule has 1 amide bonds. The molecule has 1 aromatic rings. The summed E-state index contributed by atoms with van der Waals surface area (Å²) in [5, 5.41) is 3.47. The van der Waals surface area contributed by atoms with Gasteiger partial charge < -0.3 is 11.1 Å². The van der Waals surface area contributed by atoms with E-state index < -0.39 is 0 Å². The lowest BCUT2D eigenvalue weighted by atomic mass is 10.0. The van der Waals surface area contributed by atoms with Crippen LogP contribution in [0.25, 0.3) is 0 Å². The normalized spacial score (nSPS) is 29.5. The molecule has 2 saturated carbocycles. The summed E-state index contributed by atoms with van der Waals surface area (Å²) in [5.41, 5.74) is 6.97. The lowest BCUT2D eigenvalue weighted by Crippen LogP contribution is -2.15. The zero-order chi connectivity index (χ0) is 12.7. The largest absolute Gasteiger partial charge is 0.397 e. The van der Waals surface area contributed by atoms with Crippen LogP contribution in [0, 0.1) is 17.8 Å². The van der Waals surface area contributed by atoms with Crippen molar-refractivity contribution < 1.29 is 4.79 Å². The van der Waals surface area contributed by atoms with Gasteiger partial charge in [0.15, 0.2) is 0 Å².